The average Bonchev–Trinajstić information content (AvgIpc) is 2.77. The molecule has 5 heteroatoms. The lowest BCUT2D eigenvalue weighted by Gasteiger charge is -2.06. The Hall–Kier alpha value is -1.36. The number of methoxy groups -OCH3 is 1. The van der Waals surface area contributed by atoms with Crippen LogP contribution in [0.15, 0.2) is 18.5 Å². The monoisotopic (exact) mass is 282 g/mol. The molecule has 4 nitrogen and oxygen atoms in total. The number of aromatic nitrogens is 2. The molecule has 0 saturated heterocycles. The number of alkyl halides is 1. The molecular weight excluding hydrogens is 272 g/mol. The van der Waals surface area contributed by atoms with Crippen LogP contribution in [-0.2, 0) is 21.3 Å². The van der Waals surface area contributed by atoms with E-state index in [4.69, 9.17) is 0 Å². The van der Waals surface area contributed by atoms with Gasteiger partial charge in [0.05, 0.1) is 30.9 Å². The number of nitrogens with one attached hydrogen (secondary N) is 1. The van der Waals surface area contributed by atoms with Crippen LogP contribution in [0.25, 0.3) is 11.0 Å². The van der Waals surface area contributed by atoms with E-state index in [1.807, 2.05) is 12.1 Å². The predicted molar refractivity (Wildman–Crippen MR) is 64.4 cm³/mol. The molecule has 2 aromatic rings. The quantitative estimate of drug-likeness (QED) is 0.693. The van der Waals surface area contributed by atoms with Crippen molar-refractivity contribution in [2.45, 2.75) is 11.8 Å². The maximum absolute atomic E-state index is 11.3. The summed E-state index contributed by atoms with van der Waals surface area (Å²) >= 11 is 3.40. The van der Waals surface area contributed by atoms with Gasteiger partial charge in [0.1, 0.15) is 0 Å². The van der Waals surface area contributed by atoms with Gasteiger partial charge in [-0.3, -0.25) is 4.79 Å². The van der Waals surface area contributed by atoms with Gasteiger partial charge in [-0.1, -0.05) is 22.0 Å². The van der Waals surface area contributed by atoms with Gasteiger partial charge in [-0.15, -0.1) is 0 Å². The Bertz CT molecular complexity index is 522. The third-order valence-corrected chi connectivity index (χ3v) is 3.09. The van der Waals surface area contributed by atoms with Crippen molar-refractivity contribution in [2.75, 3.05) is 7.11 Å². The Labute approximate surface area is 101 Å². The van der Waals surface area contributed by atoms with E-state index in [2.05, 4.69) is 30.6 Å². The van der Waals surface area contributed by atoms with Gasteiger partial charge >= 0.3 is 5.97 Å². The Balaban J connectivity index is 2.53. The molecule has 0 aliphatic heterocycles. The first-order chi connectivity index (χ1) is 7.76. The molecule has 0 amide bonds. The van der Waals surface area contributed by atoms with Gasteiger partial charge in [-0.2, -0.15) is 0 Å². The van der Waals surface area contributed by atoms with Crippen LogP contribution in [0.1, 0.15) is 11.1 Å². The number of carbonyl (C=O) groups is 1. The summed E-state index contributed by atoms with van der Waals surface area (Å²) in [7, 11) is 1.39. The zero-order chi connectivity index (χ0) is 11.5. The lowest BCUT2D eigenvalue weighted by atomic mass is 10.0. The number of hydrogen-bond donors (Lipinski definition) is 1. The van der Waals surface area contributed by atoms with Crippen LogP contribution in [0, 0.1) is 0 Å². The van der Waals surface area contributed by atoms with Crippen molar-refractivity contribution >= 4 is 32.9 Å². The number of rotatable bonds is 3. The number of H-pyrrole nitrogens is 1. The molecule has 0 aliphatic rings. The normalized spacial score (nSPS) is 10.6. The molecule has 1 aromatic carbocycles. The van der Waals surface area contributed by atoms with Crippen molar-refractivity contribution in [3.63, 3.8) is 0 Å². The molecule has 0 spiro atoms. The maximum Gasteiger partial charge on any atom is 0.310 e. The number of esters is 1. The van der Waals surface area contributed by atoms with E-state index in [0.717, 1.165) is 22.2 Å². The molecule has 1 aromatic heterocycles. The fourth-order valence-corrected chi connectivity index (χ4v) is 2.17. The van der Waals surface area contributed by atoms with Crippen molar-refractivity contribution in [3.8, 4) is 0 Å². The molecule has 0 atom stereocenters. The molecule has 84 valence electrons. The number of imidazole rings is 1. The standard InChI is InChI=1S/C11H11BrN2O2/c1-16-10(15)4-8-7(5-12)2-3-9-11(8)14-6-13-9/h2-3,6H,4-5H2,1H3,(H,13,14). The van der Waals surface area contributed by atoms with E-state index in [1.54, 1.807) is 6.33 Å². The van der Waals surface area contributed by atoms with E-state index >= 15 is 0 Å². The van der Waals surface area contributed by atoms with E-state index in [9.17, 15) is 4.79 Å². The lowest BCUT2D eigenvalue weighted by Crippen LogP contribution is -2.07. The fourth-order valence-electron chi connectivity index (χ4n) is 1.65. The van der Waals surface area contributed by atoms with E-state index < -0.39 is 0 Å². The van der Waals surface area contributed by atoms with Crippen LogP contribution in [-0.4, -0.2) is 23.0 Å². The van der Waals surface area contributed by atoms with Crippen LogP contribution in [0.4, 0.5) is 0 Å². The molecule has 0 unspecified atom stereocenters. The first kappa shape index (κ1) is 11.1. The zero-order valence-electron chi connectivity index (χ0n) is 8.79. The number of carbonyl (C=O) groups excluding carboxylic acids is 1. The third kappa shape index (κ3) is 1.95. The van der Waals surface area contributed by atoms with Crippen LogP contribution in [0.5, 0.6) is 0 Å². The van der Waals surface area contributed by atoms with Gasteiger partial charge in [-0.25, -0.2) is 4.98 Å². The van der Waals surface area contributed by atoms with Crippen LogP contribution in [0.2, 0.25) is 0 Å². The molecule has 2 rings (SSSR count). The van der Waals surface area contributed by atoms with Gasteiger partial charge in [0.15, 0.2) is 0 Å². The third-order valence-electron chi connectivity index (χ3n) is 2.49. The first-order valence-corrected chi connectivity index (χ1v) is 5.95. The highest BCUT2D eigenvalue weighted by molar-refractivity contribution is 9.08. The van der Waals surface area contributed by atoms with Crippen LogP contribution in [0.3, 0.4) is 0 Å². The molecule has 1 heterocycles. The number of hydrogen-bond acceptors (Lipinski definition) is 3. The molecular formula is C11H11BrN2O2. The number of benzene rings is 1. The van der Waals surface area contributed by atoms with Gasteiger partial charge < -0.3 is 9.72 Å². The van der Waals surface area contributed by atoms with Gasteiger partial charge in [0.25, 0.3) is 0 Å². The topological polar surface area (TPSA) is 55.0 Å². The van der Waals surface area contributed by atoms with E-state index in [1.165, 1.54) is 7.11 Å². The van der Waals surface area contributed by atoms with E-state index in [0.29, 0.717) is 5.33 Å². The SMILES string of the molecule is COC(=O)Cc1c(CBr)ccc2[nH]cnc12. The molecule has 0 fully saturated rings. The fraction of sp³-hybridized carbons (Fsp3) is 0.273. The van der Waals surface area contributed by atoms with Crippen molar-refractivity contribution in [1.29, 1.82) is 0 Å². The lowest BCUT2D eigenvalue weighted by molar-refractivity contribution is -0.139. The highest BCUT2D eigenvalue weighted by Crippen LogP contribution is 2.22. The summed E-state index contributed by atoms with van der Waals surface area (Å²) in [6, 6.07) is 3.94. The zero-order valence-corrected chi connectivity index (χ0v) is 10.4. The Kier molecular flexibility index (Phi) is 3.24. The van der Waals surface area contributed by atoms with Crippen molar-refractivity contribution in [3.05, 3.63) is 29.6 Å². The predicted octanol–water partition coefficient (Wildman–Crippen LogP) is 2.17. The highest BCUT2D eigenvalue weighted by Gasteiger charge is 2.13. The summed E-state index contributed by atoms with van der Waals surface area (Å²) in [5.41, 5.74) is 3.75. The largest absolute Gasteiger partial charge is 0.469 e. The molecule has 0 saturated carbocycles. The van der Waals surface area contributed by atoms with Gasteiger partial charge in [0.2, 0.25) is 0 Å². The van der Waals surface area contributed by atoms with Crippen molar-refractivity contribution < 1.29 is 9.53 Å². The molecule has 1 N–H and O–H groups in total. The Morgan fingerprint density at radius 2 is 2.38 bits per heavy atom. The Morgan fingerprint density at radius 3 is 3.06 bits per heavy atom. The number of fused-ring (bicyclic) bond motifs is 1. The molecule has 0 aliphatic carbocycles. The highest BCUT2D eigenvalue weighted by atomic mass is 79.9. The van der Waals surface area contributed by atoms with Crippen LogP contribution < -0.4 is 0 Å². The molecule has 0 radical (unpaired) electrons. The summed E-state index contributed by atoms with van der Waals surface area (Å²) < 4.78 is 4.69. The second kappa shape index (κ2) is 4.65. The van der Waals surface area contributed by atoms with Gasteiger partial charge in [0, 0.05) is 5.33 Å². The number of nitrogens with zero attached hydrogens (tertiary/aromatic N) is 1. The van der Waals surface area contributed by atoms with Gasteiger partial charge in [-0.05, 0) is 17.2 Å². The maximum atomic E-state index is 11.3. The minimum Gasteiger partial charge on any atom is -0.469 e. The summed E-state index contributed by atoms with van der Waals surface area (Å²) in [5, 5.41) is 0.697. The summed E-state index contributed by atoms with van der Waals surface area (Å²) in [6.07, 6.45) is 1.88. The first-order valence-electron chi connectivity index (χ1n) is 4.83. The van der Waals surface area contributed by atoms with E-state index in [-0.39, 0.29) is 12.4 Å². The summed E-state index contributed by atoms with van der Waals surface area (Å²) in [5.74, 6) is -0.252. The summed E-state index contributed by atoms with van der Waals surface area (Å²) in [6.45, 7) is 0. The smallest absolute Gasteiger partial charge is 0.310 e. The second-order valence-corrected chi connectivity index (χ2v) is 3.95. The Morgan fingerprint density at radius 1 is 1.56 bits per heavy atom. The molecule has 0 bridgehead atoms. The second-order valence-electron chi connectivity index (χ2n) is 3.39. The van der Waals surface area contributed by atoms with Crippen LogP contribution >= 0.6 is 15.9 Å². The number of halogens is 1. The van der Waals surface area contributed by atoms with Crippen molar-refractivity contribution in [1.82, 2.24) is 9.97 Å². The molecule has 16 heavy (non-hydrogen) atoms. The number of aromatic amines is 1. The van der Waals surface area contributed by atoms with Crippen molar-refractivity contribution in [2.24, 2.45) is 0 Å². The minimum atomic E-state index is -0.252. The minimum absolute atomic E-state index is 0.250. The average molecular weight is 283 g/mol. The number of ether oxygens (including phenoxy) is 1. The summed E-state index contributed by atoms with van der Waals surface area (Å²) in [4.78, 5) is 18.6.